The highest BCUT2D eigenvalue weighted by molar-refractivity contribution is 7.22. The lowest BCUT2D eigenvalue weighted by atomic mass is 10.0. The van der Waals surface area contributed by atoms with Gasteiger partial charge in [0.2, 0.25) is 5.91 Å². The Morgan fingerprint density at radius 3 is 2.48 bits per heavy atom. The number of hydrogen-bond acceptors (Lipinski definition) is 8. The molecular weight excluding hydrogens is 555 g/mol. The van der Waals surface area contributed by atoms with E-state index in [-0.39, 0.29) is 31.3 Å². The number of carbonyl (C=O) groups is 2. The van der Waals surface area contributed by atoms with Gasteiger partial charge in [-0.15, -0.1) is 11.3 Å². The second kappa shape index (κ2) is 13.1. The van der Waals surface area contributed by atoms with Gasteiger partial charge in [0.05, 0.1) is 20.8 Å². The highest BCUT2D eigenvalue weighted by Gasteiger charge is 2.24. The lowest BCUT2D eigenvalue weighted by Crippen LogP contribution is -2.49. The Morgan fingerprint density at radius 1 is 1.00 bits per heavy atom. The molecule has 0 radical (unpaired) electrons. The number of halogens is 1. The summed E-state index contributed by atoms with van der Waals surface area (Å²) in [5.41, 5.74) is 3.29. The predicted molar refractivity (Wildman–Crippen MR) is 161 cm³/mol. The highest BCUT2D eigenvalue weighted by atomic mass is 32.1. The molecule has 4 heterocycles. The monoisotopic (exact) mass is 590 g/mol. The molecule has 220 valence electrons. The Labute approximate surface area is 248 Å². The summed E-state index contributed by atoms with van der Waals surface area (Å²) in [5.74, 6) is 0.568. The fraction of sp³-hybridized carbons (Fsp3) is 0.375. The molecule has 2 fully saturated rings. The van der Waals surface area contributed by atoms with Gasteiger partial charge in [-0.25, -0.2) is 4.39 Å². The Hall–Kier alpha value is -3.73. The number of ether oxygens (including phenoxy) is 1. The van der Waals surface area contributed by atoms with Crippen LogP contribution >= 0.6 is 11.3 Å². The number of thiophene rings is 1. The molecule has 0 spiro atoms. The van der Waals surface area contributed by atoms with Crippen LogP contribution in [0.2, 0.25) is 0 Å². The number of pyridine rings is 2. The van der Waals surface area contributed by atoms with Gasteiger partial charge < -0.3 is 14.7 Å². The van der Waals surface area contributed by atoms with E-state index in [1.54, 1.807) is 29.3 Å². The topological polar surface area (TPSA) is 95.9 Å². The van der Waals surface area contributed by atoms with Crippen molar-refractivity contribution in [3.63, 3.8) is 0 Å². The number of carbonyl (C=O) groups excluding carboxylic acids is 2. The van der Waals surface area contributed by atoms with Crippen molar-refractivity contribution in [1.82, 2.24) is 19.8 Å². The fourth-order valence-electron chi connectivity index (χ4n) is 5.10. The van der Waals surface area contributed by atoms with Crippen molar-refractivity contribution in [2.45, 2.75) is 39.7 Å². The van der Waals surface area contributed by atoms with Crippen molar-refractivity contribution in [2.75, 3.05) is 32.8 Å². The normalized spacial score (nSPS) is 15.4. The molecule has 1 N–H and O–H groups in total. The first-order valence-corrected chi connectivity index (χ1v) is 14.7. The number of hydrogen-bond donors (Lipinski definition) is 1. The van der Waals surface area contributed by atoms with E-state index in [1.165, 1.54) is 17.4 Å². The smallest absolute Gasteiger partial charge is 0.248 e. The molecule has 1 saturated heterocycles. The molecule has 10 heteroatoms. The predicted octanol–water partition coefficient (Wildman–Crippen LogP) is 5.47. The molecule has 0 unspecified atom stereocenters. The molecule has 1 aliphatic carbocycles. The molecule has 1 amide bonds. The maximum atomic E-state index is 14.9. The van der Waals surface area contributed by atoms with E-state index in [2.05, 4.69) is 20.9 Å². The third-order valence-electron chi connectivity index (χ3n) is 7.55. The summed E-state index contributed by atoms with van der Waals surface area (Å²) in [4.78, 5) is 37.9. The molecule has 6 rings (SSSR count). The fourth-order valence-corrected chi connectivity index (χ4v) is 6.14. The first-order valence-electron chi connectivity index (χ1n) is 13.9. The summed E-state index contributed by atoms with van der Waals surface area (Å²) >= 11 is 1.49. The SMILES string of the molecule is C.O=C(Cc1ccc(Oc2ccnc3cc(-c4ccc(CN5CCN(C(=O)CO)CC5)cn4)sc23)c(F)c1)CC1CC1. The van der Waals surface area contributed by atoms with Crippen LogP contribution in [0.5, 0.6) is 11.5 Å². The van der Waals surface area contributed by atoms with Gasteiger partial charge in [0, 0.05) is 64.0 Å². The Kier molecular flexibility index (Phi) is 9.25. The number of rotatable bonds is 10. The molecule has 2 aliphatic rings. The third-order valence-corrected chi connectivity index (χ3v) is 8.71. The number of aliphatic hydroxyl groups excluding tert-OH is 1. The summed E-state index contributed by atoms with van der Waals surface area (Å²) in [6.45, 7) is 3.01. The Bertz CT molecular complexity index is 1560. The van der Waals surface area contributed by atoms with E-state index in [0.717, 1.165) is 58.8 Å². The zero-order chi connectivity index (χ0) is 28.3. The molecule has 1 aliphatic heterocycles. The first kappa shape index (κ1) is 29.8. The molecule has 8 nitrogen and oxygen atoms in total. The Morgan fingerprint density at radius 2 is 1.79 bits per heavy atom. The van der Waals surface area contributed by atoms with Gasteiger partial charge in [-0.3, -0.25) is 24.5 Å². The zero-order valence-corrected chi connectivity index (χ0v) is 23.4. The number of aromatic nitrogens is 2. The standard InChI is InChI=1S/C31H31FN4O4S.CH4/c32-24-15-21(14-23(38)13-20-1-2-20)4-6-27(24)40-28-7-8-33-26-16-29(41-31(26)28)25-5-3-22(17-34-25)18-35-9-11-36(12-10-35)30(39)19-37;/h3-8,15-17,20,37H,1-2,9-14,18-19H2;1H4. The molecule has 42 heavy (non-hydrogen) atoms. The van der Waals surface area contributed by atoms with Crippen molar-refractivity contribution in [3.8, 4) is 22.1 Å². The van der Waals surface area contributed by atoms with Crippen LogP contribution in [-0.2, 0) is 22.6 Å². The molecular formula is C32H35FN4O4S. The molecule has 1 aromatic carbocycles. The minimum atomic E-state index is -0.498. The van der Waals surface area contributed by atoms with Gasteiger partial charge in [-0.1, -0.05) is 19.6 Å². The first-order chi connectivity index (χ1) is 19.9. The van der Waals surface area contributed by atoms with E-state index in [4.69, 9.17) is 9.84 Å². The maximum absolute atomic E-state index is 14.9. The van der Waals surface area contributed by atoms with Crippen LogP contribution in [-0.4, -0.2) is 69.4 Å². The van der Waals surface area contributed by atoms with E-state index in [9.17, 15) is 14.0 Å². The van der Waals surface area contributed by atoms with Gasteiger partial charge in [-0.2, -0.15) is 0 Å². The number of Topliss-reactive ketones (excluding diaryl/α,β-unsaturated/α-hetero) is 1. The molecule has 1 saturated carbocycles. The lowest BCUT2D eigenvalue weighted by molar-refractivity contribution is -0.136. The minimum Gasteiger partial charge on any atom is -0.453 e. The van der Waals surface area contributed by atoms with Crippen molar-refractivity contribution in [3.05, 3.63) is 71.8 Å². The van der Waals surface area contributed by atoms with Crippen molar-refractivity contribution in [2.24, 2.45) is 5.92 Å². The average Bonchev–Trinajstić information content (AvgIpc) is 3.68. The van der Waals surface area contributed by atoms with Crippen molar-refractivity contribution in [1.29, 1.82) is 0 Å². The third kappa shape index (κ3) is 7.00. The van der Waals surface area contributed by atoms with Crippen LogP contribution in [0.4, 0.5) is 4.39 Å². The largest absolute Gasteiger partial charge is 0.453 e. The number of fused-ring (bicyclic) bond motifs is 1. The highest BCUT2D eigenvalue weighted by Crippen LogP contribution is 2.39. The molecule has 3 aromatic heterocycles. The van der Waals surface area contributed by atoms with E-state index in [0.29, 0.717) is 36.7 Å². The molecule has 4 aromatic rings. The minimum absolute atomic E-state index is 0. The lowest BCUT2D eigenvalue weighted by Gasteiger charge is -2.34. The summed E-state index contributed by atoms with van der Waals surface area (Å²) in [7, 11) is 0. The summed E-state index contributed by atoms with van der Waals surface area (Å²) in [6, 6.07) is 12.4. The van der Waals surface area contributed by atoms with Gasteiger partial charge >= 0.3 is 0 Å². The summed E-state index contributed by atoms with van der Waals surface area (Å²) in [6.07, 6.45) is 6.57. The van der Waals surface area contributed by atoms with Gasteiger partial charge in [0.15, 0.2) is 11.6 Å². The number of amides is 1. The maximum Gasteiger partial charge on any atom is 0.248 e. The number of piperazine rings is 1. The van der Waals surface area contributed by atoms with Crippen LogP contribution in [0.25, 0.3) is 20.8 Å². The summed E-state index contributed by atoms with van der Waals surface area (Å²) < 4.78 is 21.7. The van der Waals surface area contributed by atoms with Crippen LogP contribution in [0.15, 0.2) is 54.9 Å². The number of benzene rings is 1. The van der Waals surface area contributed by atoms with Crippen molar-refractivity contribution < 1.29 is 23.8 Å². The average molecular weight is 591 g/mol. The van der Waals surface area contributed by atoms with Gasteiger partial charge in [-0.05, 0) is 54.2 Å². The zero-order valence-electron chi connectivity index (χ0n) is 22.6. The van der Waals surface area contributed by atoms with Gasteiger partial charge in [0.25, 0.3) is 0 Å². The number of ketones is 1. The van der Waals surface area contributed by atoms with Crippen LogP contribution in [0.3, 0.4) is 0 Å². The van der Waals surface area contributed by atoms with E-state index >= 15 is 0 Å². The Balaban J connectivity index is 0.00000353. The molecule has 0 bridgehead atoms. The van der Waals surface area contributed by atoms with Crippen LogP contribution in [0.1, 0.15) is 37.8 Å². The summed E-state index contributed by atoms with van der Waals surface area (Å²) in [5, 5.41) is 9.05. The second-order valence-corrected chi connectivity index (χ2v) is 11.8. The van der Waals surface area contributed by atoms with Crippen LogP contribution in [0, 0.1) is 11.7 Å². The van der Waals surface area contributed by atoms with Gasteiger partial charge in [0.1, 0.15) is 18.1 Å². The van der Waals surface area contributed by atoms with Crippen molar-refractivity contribution >= 4 is 33.2 Å². The quantitative estimate of drug-likeness (QED) is 0.262. The molecule has 0 atom stereocenters. The number of aliphatic hydroxyl groups is 1. The number of nitrogens with zero attached hydrogens (tertiary/aromatic N) is 4. The second-order valence-electron chi connectivity index (χ2n) is 10.7. The van der Waals surface area contributed by atoms with Crippen LogP contribution < -0.4 is 4.74 Å². The van der Waals surface area contributed by atoms with E-state index in [1.807, 2.05) is 18.3 Å². The van der Waals surface area contributed by atoms with E-state index < -0.39 is 12.4 Å².